The fourth-order valence-electron chi connectivity index (χ4n) is 2.18. The van der Waals surface area contributed by atoms with E-state index in [4.69, 9.17) is 4.74 Å². The van der Waals surface area contributed by atoms with Crippen LogP contribution in [-0.4, -0.2) is 23.9 Å². The first-order chi connectivity index (χ1) is 8.16. The van der Waals surface area contributed by atoms with E-state index in [1.165, 1.54) is 18.2 Å². The van der Waals surface area contributed by atoms with Gasteiger partial charge in [-0.2, -0.15) is 0 Å². The highest BCUT2D eigenvalue weighted by atomic mass is 19.1. The van der Waals surface area contributed by atoms with Crippen molar-refractivity contribution in [3.05, 3.63) is 35.4 Å². The van der Waals surface area contributed by atoms with Crippen LogP contribution in [0.1, 0.15) is 24.8 Å². The van der Waals surface area contributed by atoms with Gasteiger partial charge in [-0.1, -0.05) is 6.07 Å². The van der Waals surface area contributed by atoms with Gasteiger partial charge in [0, 0.05) is 18.6 Å². The molecule has 0 amide bonds. The van der Waals surface area contributed by atoms with Crippen LogP contribution in [0.3, 0.4) is 0 Å². The van der Waals surface area contributed by atoms with Crippen LogP contribution in [0, 0.1) is 11.6 Å². The number of hydrogen-bond donors (Lipinski definition) is 1. The molecule has 0 bridgehead atoms. The number of hydrogen-bond acceptors (Lipinski definition) is 2. The van der Waals surface area contributed by atoms with Crippen molar-refractivity contribution in [3.8, 4) is 0 Å². The van der Waals surface area contributed by atoms with Gasteiger partial charge in [0.25, 0.3) is 0 Å². The molecule has 1 N–H and O–H groups in total. The van der Waals surface area contributed by atoms with Crippen molar-refractivity contribution in [2.75, 3.05) is 6.61 Å². The minimum absolute atomic E-state index is 0.00162. The molecule has 0 radical (unpaired) electrons. The monoisotopic (exact) mass is 242 g/mol. The third kappa shape index (κ3) is 3.23. The minimum Gasteiger partial charge on any atom is -0.393 e. The molecule has 0 aromatic heterocycles. The molecule has 1 heterocycles. The van der Waals surface area contributed by atoms with E-state index >= 15 is 0 Å². The Hall–Kier alpha value is -1.00. The molecule has 1 fully saturated rings. The zero-order valence-electron chi connectivity index (χ0n) is 9.53. The molecule has 2 nitrogen and oxygen atoms in total. The summed E-state index contributed by atoms with van der Waals surface area (Å²) in [6.45, 7) is 0.714. The van der Waals surface area contributed by atoms with E-state index in [0.29, 0.717) is 13.0 Å². The molecule has 94 valence electrons. The summed E-state index contributed by atoms with van der Waals surface area (Å²) >= 11 is 0. The third-order valence-corrected chi connectivity index (χ3v) is 3.06. The van der Waals surface area contributed by atoms with E-state index < -0.39 is 17.7 Å². The third-order valence-electron chi connectivity index (χ3n) is 3.06. The lowest BCUT2D eigenvalue weighted by molar-refractivity contribution is 0.0534. The summed E-state index contributed by atoms with van der Waals surface area (Å²) in [6.07, 6.45) is 1.61. The standard InChI is InChI=1S/C13H16F2O2/c14-12-4-1-5-13(15)11(12)8-9(16)7-10-3-2-6-17-10/h1,4-5,9-10,16H,2-3,6-8H2. The molecule has 1 aliphatic heterocycles. The topological polar surface area (TPSA) is 29.5 Å². The number of rotatable bonds is 4. The summed E-state index contributed by atoms with van der Waals surface area (Å²) in [5, 5.41) is 9.80. The van der Waals surface area contributed by atoms with Gasteiger partial charge in [0.2, 0.25) is 0 Å². The van der Waals surface area contributed by atoms with Crippen molar-refractivity contribution in [1.82, 2.24) is 0 Å². The largest absolute Gasteiger partial charge is 0.393 e. The van der Waals surface area contributed by atoms with E-state index in [9.17, 15) is 13.9 Å². The summed E-state index contributed by atoms with van der Waals surface area (Å²) in [7, 11) is 0. The van der Waals surface area contributed by atoms with Gasteiger partial charge in [-0.05, 0) is 31.4 Å². The molecule has 1 saturated heterocycles. The van der Waals surface area contributed by atoms with Gasteiger partial charge in [-0.25, -0.2) is 8.78 Å². The van der Waals surface area contributed by atoms with Gasteiger partial charge in [-0.3, -0.25) is 0 Å². The maximum Gasteiger partial charge on any atom is 0.129 e. The van der Waals surface area contributed by atoms with Crippen molar-refractivity contribution in [1.29, 1.82) is 0 Å². The molecule has 2 atom stereocenters. The lowest BCUT2D eigenvalue weighted by atomic mass is 10.0. The van der Waals surface area contributed by atoms with Gasteiger partial charge >= 0.3 is 0 Å². The first-order valence-electron chi connectivity index (χ1n) is 5.89. The number of ether oxygens (including phenoxy) is 1. The number of benzene rings is 1. The molecule has 0 saturated carbocycles. The fourth-order valence-corrected chi connectivity index (χ4v) is 2.18. The van der Waals surface area contributed by atoms with E-state index in [2.05, 4.69) is 0 Å². The minimum atomic E-state index is -0.760. The smallest absolute Gasteiger partial charge is 0.129 e. The Kier molecular flexibility index (Phi) is 4.07. The summed E-state index contributed by atoms with van der Waals surface area (Å²) in [6, 6.07) is 3.73. The summed E-state index contributed by atoms with van der Waals surface area (Å²) in [4.78, 5) is 0. The molecule has 2 rings (SSSR count). The van der Waals surface area contributed by atoms with Crippen LogP contribution >= 0.6 is 0 Å². The second-order valence-corrected chi connectivity index (χ2v) is 4.43. The maximum absolute atomic E-state index is 13.3. The Morgan fingerprint density at radius 3 is 2.65 bits per heavy atom. The molecular weight excluding hydrogens is 226 g/mol. The summed E-state index contributed by atoms with van der Waals surface area (Å²) in [5.74, 6) is -1.20. The molecule has 4 heteroatoms. The molecular formula is C13H16F2O2. The van der Waals surface area contributed by atoms with Gasteiger partial charge in [0.05, 0.1) is 12.2 Å². The molecule has 1 aliphatic rings. The Morgan fingerprint density at radius 1 is 1.35 bits per heavy atom. The quantitative estimate of drug-likeness (QED) is 0.878. The second-order valence-electron chi connectivity index (χ2n) is 4.43. The molecule has 1 aromatic carbocycles. The van der Waals surface area contributed by atoms with Crippen molar-refractivity contribution in [2.24, 2.45) is 0 Å². The van der Waals surface area contributed by atoms with Crippen LogP contribution in [0.2, 0.25) is 0 Å². The lowest BCUT2D eigenvalue weighted by Crippen LogP contribution is -2.20. The molecule has 1 aromatic rings. The van der Waals surface area contributed by atoms with Crippen molar-refractivity contribution >= 4 is 0 Å². The predicted octanol–water partition coefficient (Wildman–Crippen LogP) is 2.44. The normalized spacial score (nSPS) is 21.7. The number of aliphatic hydroxyl groups is 1. The summed E-state index contributed by atoms with van der Waals surface area (Å²) < 4.78 is 32.1. The van der Waals surface area contributed by atoms with Gasteiger partial charge in [-0.15, -0.1) is 0 Å². The maximum atomic E-state index is 13.3. The van der Waals surface area contributed by atoms with E-state index in [0.717, 1.165) is 12.8 Å². The highest BCUT2D eigenvalue weighted by Crippen LogP contribution is 2.20. The van der Waals surface area contributed by atoms with Crippen LogP contribution in [0.5, 0.6) is 0 Å². The lowest BCUT2D eigenvalue weighted by Gasteiger charge is -2.15. The Labute approximate surface area is 99.2 Å². The van der Waals surface area contributed by atoms with Crippen molar-refractivity contribution in [2.45, 2.75) is 37.9 Å². The van der Waals surface area contributed by atoms with Crippen LogP contribution in [0.15, 0.2) is 18.2 Å². The highest BCUT2D eigenvalue weighted by molar-refractivity contribution is 5.20. The van der Waals surface area contributed by atoms with E-state index in [1.54, 1.807) is 0 Å². The zero-order valence-corrected chi connectivity index (χ0v) is 9.53. The first kappa shape index (κ1) is 12.5. The fraction of sp³-hybridized carbons (Fsp3) is 0.538. The predicted molar refractivity (Wildman–Crippen MR) is 59.7 cm³/mol. The molecule has 2 unspecified atom stereocenters. The van der Waals surface area contributed by atoms with Crippen molar-refractivity contribution in [3.63, 3.8) is 0 Å². The Bertz CT molecular complexity index is 355. The summed E-state index contributed by atoms with van der Waals surface area (Å²) in [5.41, 5.74) is -0.0435. The van der Waals surface area contributed by atoms with Crippen LogP contribution in [0.4, 0.5) is 8.78 Å². The van der Waals surface area contributed by atoms with E-state index in [-0.39, 0.29) is 18.1 Å². The molecule has 0 aliphatic carbocycles. The van der Waals surface area contributed by atoms with E-state index in [1.807, 2.05) is 0 Å². The van der Waals surface area contributed by atoms with Crippen LogP contribution < -0.4 is 0 Å². The molecule has 0 spiro atoms. The average Bonchev–Trinajstić information content (AvgIpc) is 2.76. The SMILES string of the molecule is OC(Cc1c(F)cccc1F)CC1CCCO1. The number of aliphatic hydroxyl groups excluding tert-OH is 1. The zero-order chi connectivity index (χ0) is 12.3. The Morgan fingerprint density at radius 2 is 2.06 bits per heavy atom. The van der Waals surface area contributed by atoms with Gasteiger partial charge in [0.1, 0.15) is 11.6 Å². The Balaban J connectivity index is 1.95. The first-order valence-corrected chi connectivity index (χ1v) is 5.89. The van der Waals surface area contributed by atoms with Gasteiger partial charge in [0.15, 0.2) is 0 Å². The van der Waals surface area contributed by atoms with Crippen LogP contribution in [0.25, 0.3) is 0 Å². The van der Waals surface area contributed by atoms with Crippen LogP contribution in [-0.2, 0) is 11.2 Å². The number of halogens is 2. The molecule has 17 heavy (non-hydrogen) atoms. The highest BCUT2D eigenvalue weighted by Gasteiger charge is 2.21. The van der Waals surface area contributed by atoms with Crippen molar-refractivity contribution < 1.29 is 18.6 Å². The van der Waals surface area contributed by atoms with Gasteiger partial charge < -0.3 is 9.84 Å². The average molecular weight is 242 g/mol. The second kappa shape index (κ2) is 5.56.